The molecule has 0 saturated carbocycles. The highest BCUT2D eigenvalue weighted by Gasteiger charge is 2.43. The van der Waals surface area contributed by atoms with Gasteiger partial charge in [0.1, 0.15) is 0 Å². The molecule has 0 fully saturated rings. The zero-order valence-corrected chi connectivity index (χ0v) is 14.8. The standard InChI is InChI=1S/C20H19NO5/c1-12-8-9-13-11-20(2,26-18(23)15(13)10-12)19(24)21-16-7-5-4-6-14(16)17(22)25-3/h4-10H,11H2,1-3H3,(H,21,24)/t20-/m1/s1. The monoisotopic (exact) mass is 353 g/mol. The maximum Gasteiger partial charge on any atom is 0.339 e. The van der Waals surface area contributed by atoms with Crippen molar-refractivity contribution in [3.05, 3.63) is 64.7 Å². The lowest BCUT2D eigenvalue weighted by molar-refractivity contribution is -0.134. The molecule has 0 aliphatic carbocycles. The highest BCUT2D eigenvalue weighted by Crippen LogP contribution is 2.30. The maximum absolute atomic E-state index is 12.8. The van der Waals surface area contributed by atoms with Gasteiger partial charge in [0.15, 0.2) is 5.60 Å². The molecule has 1 N–H and O–H groups in total. The number of carbonyl (C=O) groups excluding carboxylic acids is 3. The van der Waals surface area contributed by atoms with Crippen LogP contribution in [0.25, 0.3) is 0 Å². The Morgan fingerprint density at radius 3 is 2.65 bits per heavy atom. The van der Waals surface area contributed by atoms with Crippen LogP contribution in [0.15, 0.2) is 42.5 Å². The van der Waals surface area contributed by atoms with Crippen molar-refractivity contribution in [3.8, 4) is 0 Å². The Bertz CT molecular complexity index is 905. The molecule has 0 bridgehead atoms. The van der Waals surface area contributed by atoms with E-state index in [9.17, 15) is 14.4 Å². The van der Waals surface area contributed by atoms with Crippen molar-refractivity contribution in [2.24, 2.45) is 0 Å². The number of hydrogen-bond donors (Lipinski definition) is 1. The van der Waals surface area contributed by atoms with Crippen molar-refractivity contribution in [2.45, 2.75) is 25.9 Å². The van der Waals surface area contributed by atoms with Crippen LogP contribution >= 0.6 is 0 Å². The molecule has 0 saturated heterocycles. The summed E-state index contributed by atoms with van der Waals surface area (Å²) < 4.78 is 10.2. The first kappa shape index (κ1) is 17.7. The van der Waals surface area contributed by atoms with E-state index in [1.165, 1.54) is 7.11 Å². The van der Waals surface area contributed by atoms with Crippen LogP contribution in [0.3, 0.4) is 0 Å². The Balaban J connectivity index is 1.88. The zero-order valence-electron chi connectivity index (χ0n) is 14.8. The van der Waals surface area contributed by atoms with Gasteiger partial charge in [0.25, 0.3) is 5.91 Å². The van der Waals surface area contributed by atoms with E-state index in [1.54, 1.807) is 37.3 Å². The van der Waals surface area contributed by atoms with E-state index in [0.717, 1.165) is 11.1 Å². The smallest absolute Gasteiger partial charge is 0.339 e. The third kappa shape index (κ3) is 3.18. The Morgan fingerprint density at radius 2 is 1.92 bits per heavy atom. The first-order valence-electron chi connectivity index (χ1n) is 8.16. The van der Waals surface area contributed by atoms with Gasteiger partial charge in [-0.05, 0) is 37.6 Å². The summed E-state index contributed by atoms with van der Waals surface area (Å²) in [5.41, 5.74) is 1.33. The lowest BCUT2D eigenvalue weighted by Gasteiger charge is -2.33. The van der Waals surface area contributed by atoms with Gasteiger partial charge in [0.05, 0.1) is 23.9 Å². The van der Waals surface area contributed by atoms with Gasteiger partial charge in [-0.15, -0.1) is 0 Å². The number of nitrogens with one attached hydrogen (secondary N) is 1. The van der Waals surface area contributed by atoms with Crippen LogP contribution in [0.1, 0.15) is 38.8 Å². The van der Waals surface area contributed by atoms with Crippen LogP contribution in [0.5, 0.6) is 0 Å². The second kappa shape index (κ2) is 6.63. The topological polar surface area (TPSA) is 81.7 Å². The molecule has 2 aromatic carbocycles. The maximum atomic E-state index is 12.8. The Labute approximate surface area is 151 Å². The molecule has 0 radical (unpaired) electrons. The molecule has 1 aliphatic rings. The van der Waals surface area contributed by atoms with Gasteiger partial charge in [-0.25, -0.2) is 9.59 Å². The molecule has 3 rings (SSSR count). The van der Waals surface area contributed by atoms with Gasteiger partial charge in [-0.1, -0.05) is 29.8 Å². The number of anilines is 1. The number of benzene rings is 2. The quantitative estimate of drug-likeness (QED) is 0.858. The normalized spacial score (nSPS) is 18.5. The number of amides is 1. The summed E-state index contributed by atoms with van der Waals surface area (Å²) in [6.45, 7) is 3.45. The second-order valence-electron chi connectivity index (χ2n) is 6.45. The number of fused-ring (bicyclic) bond motifs is 1. The van der Waals surface area contributed by atoms with Crippen LogP contribution in [-0.4, -0.2) is 30.6 Å². The summed E-state index contributed by atoms with van der Waals surface area (Å²) in [5.74, 6) is -1.60. The zero-order chi connectivity index (χ0) is 18.9. The van der Waals surface area contributed by atoms with Gasteiger partial charge in [0.2, 0.25) is 0 Å². The number of esters is 2. The summed E-state index contributed by atoms with van der Waals surface area (Å²) >= 11 is 0. The Morgan fingerprint density at radius 1 is 1.19 bits per heavy atom. The van der Waals surface area contributed by atoms with Crippen molar-refractivity contribution in [1.82, 2.24) is 0 Å². The molecule has 134 valence electrons. The second-order valence-corrected chi connectivity index (χ2v) is 6.45. The molecule has 0 spiro atoms. The van der Waals surface area contributed by atoms with Gasteiger partial charge in [-0.3, -0.25) is 4.79 Å². The van der Waals surface area contributed by atoms with E-state index in [2.05, 4.69) is 5.32 Å². The van der Waals surface area contributed by atoms with E-state index < -0.39 is 23.4 Å². The Kier molecular flexibility index (Phi) is 4.50. The first-order valence-corrected chi connectivity index (χ1v) is 8.16. The summed E-state index contributed by atoms with van der Waals surface area (Å²) in [4.78, 5) is 37.1. The Hall–Kier alpha value is -3.15. The van der Waals surface area contributed by atoms with E-state index in [1.807, 2.05) is 19.1 Å². The van der Waals surface area contributed by atoms with Crippen LogP contribution in [0, 0.1) is 6.92 Å². The number of methoxy groups -OCH3 is 1. The predicted octanol–water partition coefficient (Wildman–Crippen LogP) is 2.89. The molecule has 0 aromatic heterocycles. The third-order valence-electron chi connectivity index (χ3n) is 4.39. The van der Waals surface area contributed by atoms with Gasteiger partial charge in [-0.2, -0.15) is 0 Å². The largest absolute Gasteiger partial charge is 0.465 e. The van der Waals surface area contributed by atoms with Gasteiger partial charge in [0, 0.05) is 6.42 Å². The molecule has 26 heavy (non-hydrogen) atoms. The van der Waals surface area contributed by atoms with E-state index >= 15 is 0 Å². The number of aryl methyl sites for hydroxylation is 1. The minimum absolute atomic E-state index is 0.227. The summed E-state index contributed by atoms with van der Waals surface area (Å²) in [5, 5.41) is 2.68. The first-order chi connectivity index (χ1) is 12.3. The highest BCUT2D eigenvalue weighted by atomic mass is 16.6. The number of carbonyl (C=O) groups is 3. The molecule has 6 nitrogen and oxygen atoms in total. The SMILES string of the molecule is COC(=O)c1ccccc1NC(=O)[C@@]1(C)Cc2ccc(C)cc2C(=O)O1. The van der Waals surface area contributed by atoms with Crippen LogP contribution in [-0.2, 0) is 20.7 Å². The van der Waals surface area contributed by atoms with Crippen molar-refractivity contribution >= 4 is 23.5 Å². The fourth-order valence-electron chi connectivity index (χ4n) is 2.95. The lowest BCUT2D eigenvalue weighted by atomic mass is 9.88. The molecule has 0 unspecified atom stereocenters. The molecule has 2 aromatic rings. The number of cyclic esters (lactones) is 1. The van der Waals surface area contributed by atoms with Crippen molar-refractivity contribution in [1.29, 1.82) is 0 Å². The van der Waals surface area contributed by atoms with Crippen molar-refractivity contribution < 1.29 is 23.9 Å². The number of hydrogen-bond acceptors (Lipinski definition) is 5. The van der Waals surface area contributed by atoms with Crippen molar-refractivity contribution in [3.63, 3.8) is 0 Å². The third-order valence-corrected chi connectivity index (χ3v) is 4.39. The molecule has 1 amide bonds. The van der Waals surface area contributed by atoms with Gasteiger partial charge < -0.3 is 14.8 Å². The fraction of sp³-hybridized carbons (Fsp3) is 0.250. The van der Waals surface area contributed by atoms with E-state index in [4.69, 9.17) is 9.47 Å². The molecule has 1 atom stereocenters. The number of rotatable bonds is 3. The fourth-order valence-corrected chi connectivity index (χ4v) is 2.95. The summed E-state index contributed by atoms with van der Waals surface area (Å²) in [7, 11) is 1.27. The van der Waals surface area contributed by atoms with Crippen LogP contribution < -0.4 is 5.32 Å². The molecular formula is C20H19NO5. The predicted molar refractivity (Wildman–Crippen MR) is 95.1 cm³/mol. The number of ether oxygens (including phenoxy) is 2. The number of para-hydroxylation sites is 1. The average Bonchev–Trinajstić information content (AvgIpc) is 2.62. The van der Waals surface area contributed by atoms with Crippen molar-refractivity contribution in [2.75, 3.05) is 12.4 Å². The average molecular weight is 353 g/mol. The summed E-state index contributed by atoms with van der Waals surface area (Å²) in [6, 6.07) is 12.0. The van der Waals surface area contributed by atoms with Gasteiger partial charge >= 0.3 is 11.9 Å². The molecular weight excluding hydrogens is 334 g/mol. The molecule has 6 heteroatoms. The van der Waals surface area contributed by atoms with E-state index in [-0.39, 0.29) is 12.0 Å². The van der Waals surface area contributed by atoms with Crippen LogP contribution in [0.2, 0.25) is 0 Å². The summed E-state index contributed by atoms with van der Waals surface area (Å²) in [6.07, 6.45) is 0.251. The highest BCUT2D eigenvalue weighted by molar-refractivity contribution is 6.06. The lowest BCUT2D eigenvalue weighted by Crippen LogP contribution is -2.49. The molecule has 1 heterocycles. The van der Waals surface area contributed by atoms with E-state index in [0.29, 0.717) is 11.3 Å². The molecule has 1 aliphatic heterocycles. The minimum Gasteiger partial charge on any atom is -0.465 e. The minimum atomic E-state index is -1.37. The van der Waals surface area contributed by atoms with Crippen LogP contribution in [0.4, 0.5) is 5.69 Å².